The molecule has 1 aromatic carbocycles. The van der Waals surface area contributed by atoms with E-state index in [1.165, 1.54) is 0 Å². The number of H-pyrrole nitrogens is 1. The Labute approximate surface area is 131 Å². The summed E-state index contributed by atoms with van der Waals surface area (Å²) in [6.45, 7) is 2.38. The molecule has 110 valence electrons. The summed E-state index contributed by atoms with van der Waals surface area (Å²) in [5, 5.41) is 6.92. The molecule has 0 radical (unpaired) electrons. The van der Waals surface area contributed by atoms with Crippen LogP contribution in [-0.2, 0) is 22.5 Å². The van der Waals surface area contributed by atoms with Crippen LogP contribution in [0, 0.1) is 6.92 Å². The Morgan fingerprint density at radius 1 is 1.23 bits per heavy atom. The lowest BCUT2D eigenvalue weighted by molar-refractivity contribution is 0.305. The van der Waals surface area contributed by atoms with Gasteiger partial charge in [0.1, 0.15) is 12.4 Å². The van der Waals surface area contributed by atoms with Crippen molar-refractivity contribution in [3.8, 4) is 17.1 Å². The fourth-order valence-corrected chi connectivity index (χ4v) is 2.41. The minimum atomic E-state index is 0.401. The van der Waals surface area contributed by atoms with Crippen LogP contribution in [0.15, 0.2) is 53.7 Å². The molecule has 0 amide bonds. The standard InChI is InChI=1S/C16H14N3O2S/c1-11-8-18-19-16(11)15-6-5-13(9-17-15)21-10-12-3-2-4-14(7-12)22-20/h2-9H,10H2,1H3,(H,18,19)/q+1. The minimum Gasteiger partial charge on any atom is -0.487 e. The van der Waals surface area contributed by atoms with Gasteiger partial charge in [-0.05, 0) is 30.2 Å². The SMILES string of the molecule is Cc1cn[nH]c1-c1ccc(OCc2cccc([S+]=O)c2)cn1. The molecule has 6 heteroatoms. The number of benzene rings is 1. The summed E-state index contributed by atoms with van der Waals surface area (Å²) in [6.07, 6.45) is 3.45. The lowest BCUT2D eigenvalue weighted by Crippen LogP contribution is -1.96. The van der Waals surface area contributed by atoms with Crippen molar-refractivity contribution in [3.63, 3.8) is 0 Å². The molecular formula is C16H14N3O2S+. The number of ether oxygens (including phenoxy) is 1. The molecule has 0 unspecified atom stereocenters. The highest BCUT2D eigenvalue weighted by atomic mass is 32.1. The van der Waals surface area contributed by atoms with Crippen LogP contribution in [0.4, 0.5) is 0 Å². The molecule has 22 heavy (non-hydrogen) atoms. The van der Waals surface area contributed by atoms with Crippen molar-refractivity contribution in [2.24, 2.45) is 0 Å². The molecule has 2 heterocycles. The molecular weight excluding hydrogens is 298 g/mol. The molecule has 0 saturated carbocycles. The fourth-order valence-electron chi connectivity index (χ4n) is 2.07. The average Bonchev–Trinajstić information content (AvgIpc) is 3.00. The van der Waals surface area contributed by atoms with Gasteiger partial charge >= 0.3 is 11.7 Å². The van der Waals surface area contributed by atoms with Gasteiger partial charge in [-0.3, -0.25) is 10.1 Å². The van der Waals surface area contributed by atoms with Gasteiger partial charge in [-0.2, -0.15) is 5.10 Å². The van der Waals surface area contributed by atoms with Crippen LogP contribution >= 0.6 is 0 Å². The van der Waals surface area contributed by atoms with E-state index in [0.29, 0.717) is 28.9 Å². The zero-order valence-electron chi connectivity index (χ0n) is 11.9. The third kappa shape index (κ3) is 3.17. The van der Waals surface area contributed by atoms with Gasteiger partial charge in [0.15, 0.2) is 0 Å². The maximum atomic E-state index is 10.8. The first-order chi connectivity index (χ1) is 10.8. The van der Waals surface area contributed by atoms with Crippen molar-refractivity contribution in [1.82, 2.24) is 15.2 Å². The summed E-state index contributed by atoms with van der Waals surface area (Å²) in [4.78, 5) is 5.06. The third-order valence-electron chi connectivity index (χ3n) is 3.22. The first-order valence-electron chi connectivity index (χ1n) is 6.74. The molecule has 3 aromatic rings. The van der Waals surface area contributed by atoms with Crippen LogP contribution in [0.2, 0.25) is 0 Å². The number of aryl methyl sites for hydroxylation is 1. The highest BCUT2D eigenvalue weighted by Gasteiger charge is 2.08. The predicted octanol–water partition coefficient (Wildman–Crippen LogP) is 3.15. The van der Waals surface area contributed by atoms with Gasteiger partial charge in [-0.15, -0.1) is 0 Å². The molecule has 0 spiro atoms. The fraction of sp³-hybridized carbons (Fsp3) is 0.125. The molecule has 0 aliphatic carbocycles. The second-order valence-electron chi connectivity index (χ2n) is 4.83. The maximum Gasteiger partial charge on any atom is 0.505 e. The first kappa shape index (κ1) is 14.3. The first-order valence-corrected chi connectivity index (χ1v) is 7.48. The van der Waals surface area contributed by atoms with Crippen molar-refractivity contribution >= 4 is 11.7 Å². The third-order valence-corrected chi connectivity index (χ3v) is 3.67. The van der Waals surface area contributed by atoms with Gasteiger partial charge in [0.2, 0.25) is 0 Å². The minimum absolute atomic E-state index is 0.401. The summed E-state index contributed by atoms with van der Waals surface area (Å²) in [5.74, 6) is 0.682. The number of nitrogens with zero attached hydrogens (tertiary/aromatic N) is 2. The van der Waals surface area contributed by atoms with Crippen molar-refractivity contribution < 1.29 is 8.95 Å². The predicted molar refractivity (Wildman–Crippen MR) is 83.6 cm³/mol. The topological polar surface area (TPSA) is 67.9 Å². The smallest absolute Gasteiger partial charge is 0.487 e. The molecule has 0 saturated heterocycles. The lowest BCUT2D eigenvalue weighted by Gasteiger charge is -2.06. The summed E-state index contributed by atoms with van der Waals surface area (Å²) in [5.41, 5.74) is 3.74. The average molecular weight is 312 g/mol. The Morgan fingerprint density at radius 2 is 2.14 bits per heavy atom. The Hall–Kier alpha value is -2.60. The summed E-state index contributed by atoms with van der Waals surface area (Å²) in [7, 11) is 0. The number of aromatic amines is 1. The molecule has 0 fully saturated rings. The van der Waals surface area contributed by atoms with Crippen LogP contribution in [0.1, 0.15) is 11.1 Å². The van der Waals surface area contributed by atoms with E-state index in [0.717, 1.165) is 22.5 Å². The Morgan fingerprint density at radius 3 is 2.82 bits per heavy atom. The zero-order valence-corrected chi connectivity index (χ0v) is 12.8. The van der Waals surface area contributed by atoms with Gasteiger partial charge in [0, 0.05) is 16.3 Å². The van der Waals surface area contributed by atoms with E-state index in [4.69, 9.17) is 4.74 Å². The van der Waals surface area contributed by atoms with Crippen LogP contribution in [0.25, 0.3) is 11.4 Å². The lowest BCUT2D eigenvalue weighted by atomic mass is 10.2. The number of hydrogen-bond acceptors (Lipinski definition) is 4. The van der Waals surface area contributed by atoms with Crippen LogP contribution in [0.5, 0.6) is 5.75 Å². The van der Waals surface area contributed by atoms with E-state index in [1.54, 1.807) is 18.5 Å². The quantitative estimate of drug-likeness (QED) is 0.735. The number of nitrogens with one attached hydrogen (secondary N) is 1. The number of hydrogen-bond donors (Lipinski definition) is 1. The Kier molecular flexibility index (Phi) is 4.20. The van der Waals surface area contributed by atoms with Gasteiger partial charge in [0.05, 0.1) is 23.8 Å². The van der Waals surface area contributed by atoms with Gasteiger partial charge in [-0.1, -0.05) is 12.1 Å². The Balaban J connectivity index is 1.68. The molecule has 0 atom stereocenters. The van der Waals surface area contributed by atoms with Crippen LogP contribution < -0.4 is 4.74 Å². The van der Waals surface area contributed by atoms with E-state index < -0.39 is 0 Å². The van der Waals surface area contributed by atoms with Gasteiger partial charge in [-0.25, -0.2) is 0 Å². The maximum absolute atomic E-state index is 10.8. The van der Waals surface area contributed by atoms with E-state index in [2.05, 4.69) is 15.2 Å². The molecule has 0 aliphatic rings. The van der Waals surface area contributed by atoms with E-state index in [9.17, 15) is 4.21 Å². The van der Waals surface area contributed by atoms with Crippen molar-refractivity contribution in [1.29, 1.82) is 0 Å². The summed E-state index contributed by atoms with van der Waals surface area (Å²) >= 11 is 0.479. The highest BCUT2D eigenvalue weighted by molar-refractivity contribution is 7.65. The molecule has 0 aliphatic heterocycles. The summed E-state index contributed by atoms with van der Waals surface area (Å²) in [6, 6.07) is 11.1. The van der Waals surface area contributed by atoms with E-state index >= 15 is 0 Å². The van der Waals surface area contributed by atoms with E-state index in [1.807, 2.05) is 37.3 Å². The largest absolute Gasteiger partial charge is 0.505 e. The normalized spacial score (nSPS) is 10.4. The van der Waals surface area contributed by atoms with Gasteiger partial charge in [0.25, 0.3) is 4.90 Å². The monoisotopic (exact) mass is 312 g/mol. The van der Waals surface area contributed by atoms with Crippen LogP contribution in [-0.4, -0.2) is 15.2 Å². The second-order valence-corrected chi connectivity index (χ2v) is 5.46. The molecule has 3 rings (SSSR count). The highest BCUT2D eigenvalue weighted by Crippen LogP contribution is 2.20. The van der Waals surface area contributed by atoms with Crippen molar-refractivity contribution in [2.75, 3.05) is 0 Å². The molecule has 1 N–H and O–H groups in total. The molecule has 0 bridgehead atoms. The number of aromatic nitrogens is 3. The van der Waals surface area contributed by atoms with Crippen molar-refractivity contribution in [3.05, 3.63) is 59.9 Å². The van der Waals surface area contributed by atoms with Crippen LogP contribution in [0.3, 0.4) is 0 Å². The van der Waals surface area contributed by atoms with E-state index in [-0.39, 0.29) is 0 Å². The molecule has 5 nitrogen and oxygen atoms in total. The second kappa shape index (κ2) is 6.44. The van der Waals surface area contributed by atoms with Gasteiger partial charge < -0.3 is 4.74 Å². The number of pyridine rings is 1. The van der Waals surface area contributed by atoms with Crippen molar-refractivity contribution in [2.45, 2.75) is 18.4 Å². The number of rotatable bonds is 5. The Bertz CT molecular complexity index is 784. The molecule has 2 aromatic heterocycles. The zero-order chi connectivity index (χ0) is 15.4. The summed E-state index contributed by atoms with van der Waals surface area (Å²) < 4.78 is 16.5.